The van der Waals surface area contributed by atoms with Gasteiger partial charge in [0.1, 0.15) is 6.10 Å². The molecule has 0 aromatic rings. The van der Waals surface area contributed by atoms with Crippen molar-refractivity contribution in [3.05, 3.63) is 12.7 Å². The highest BCUT2D eigenvalue weighted by Gasteiger charge is 2.29. The molecule has 0 bridgehead atoms. The molecule has 1 saturated heterocycles. The molecule has 0 aromatic carbocycles. The number of unbranched alkanes of at least 4 members (excludes halogenated alkanes) is 25. The van der Waals surface area contributed by atoms with Gasteiger partial charge in [0.25, 0.3) is 0 Å². The van der Waals surface area contributed by atoms with Crippen LogP contribution in [0.4, 0.5) is 0 Å². The summed E-state index contributed by atoms with van der Waals surface area (Å²) in [7, 11) is 3.88. The van der Waals surface area contributed by atoms with Crippen LogP contribution in [0.3, 0.4) is 0 Å². The van der Waals surface area contributed by atoms with Crippen LogP contribution in [0.15, 0.2) is 12.7 Å². The molecule has 1 fully saturated rings. The third-order valence-electron chi connectivity index (χ3n) is 12.9. The standard InChI is InChI=1S/C49H95NO5.C7H13NO.CH4/c1-5-8-11-14-17-18-19-27-34-41-54-48(51)37-30-24-25-32-39-50-43-45(4)42-46(50)44-53-40-33-26-20-23-31-38-49(52)55-47(35-28-21-15-12-9-6-2)36-29-22-16-13-10-7-3;1-4-7(9)5-6-8(2)3;/h45-47H,5-44H2,1-4H3;4H,1,5-6H2,2-3H3;1H4/t45?,46-;;/m0../s1. The normalized spacial score (nSPS) is 14.9. The van der Waals surface area contributed by atoms with Crippen LogP contribution in [-0.2, 0) is 28.6 Å². The first-order valence-corrected chi connectivity index (χ1v) is 27.6. The third kappa shape index (κ3) is 45.8. The molecule has 0 spiro atoms. The predicted molar refractivity (Wildman–Crippen MR) is 280 cm³/mol. The monoisotopic (exact) mass is 921 g/mol. The van der Waals surface area contributed by atoms with Crippen LogP contribution in [0.5, 0.6) is 0 Å². The number of ether oxygens (including phenoxy) is 3. The second-order valence-corrected chi connectivity index (χ2v) is 19.7. The summed E-state index contributed by atoms with van der Waals surface area (Å²) in [6.45, 7) is 18.0. The topological polar surface area (TPSA) is 85.4 Å². The average Bonchev–Trinajstić information content (AvgIpc) is 3.64. The molecule has 0 saturated carbocycles. The molecular formula is C57H112N2O6. The Balaban J connectivity index is 0. The lowest BCUT2D eigenvalue weighted by atomic mass is 10.0. The lowest BCUT2D eigenvalue weighted by molar-refractivity contribution is -0.150. The number of allylic oxidation sites excluding steroid dienone is 1. The Bertz CT molecular complexity index is 1040. The second kappa shape index (κ2) is 50.1. The van der Waals surface area contributed by atoms with E-state index in [4.69, 9.17) is 14.2 Å². The lowest BCUT2D eigenvalue weighted by Gasteiger charge is -2.24. The van der Waals surface area contributed by atoms with E-state index < -0.39 is 0 Å². The maximum absolute atomic E-state index is 12.7. The van der Waals surface area contributed by atoms with Crippen LogP contribution < -0.4 is 0 Å². The first-order chi connectivity index (χ1) is 31.2. The van der Waals surface area contributed by atoms with Crippen LogP contribution in [0.1, 0.15) is 266 Å². The van der Waals surface area contributed by atoms with Gasteiger partial charge < -0.3 is 19.1 Å². The highest BCUT2D eigenvalue weighted by atomic mass is 16.5. The molecular weight excluding hydrogens is 809 g/mol. The molecule has 0 radical (unpaired) electrons. The smallest absolute Gasteiger partial charge is 0.306 e. The maximum atomic E-state index is 12.7. The van der Waals surface area contributed by atoms with Crippen LogP contribution >= 0.6 is 0 Å². The van der Waals surface area contributed by atoms with E-state index in [1.807, 2.05) is 19.0 Å². The Morgan fingerprint density at radius 2 is 1.05 bits per heavy atom. The Morgan fingerprint density at radius 1 is 0.600 bits per heavy atom. The molecule has 0 aromatic heterocycles. The molecule has 1 aliphatic heterocycles. The number of nitrogens with zero attached hydrogens (tertiary/aromatic N) is 2. The van der Waals surface area contributed by atoms with Crippen LogP contribution in [0, 0.1) is 5.92 Å². The maximum Gasteiger partial charge on any atom is 0.306 e. The number of hydrogen-bond acceptors (Lipinski definition) is 8. The predicted octanol–water partition coefficient (Wildman–Crippen LogP) is 15.8. The largest absolute Gasteiger partial charge is 0.466 e. The van der Waals surface area contributed by atoms with Crippen molar-refractivity contribution in [2.45, 2.75) is 278 Å². The van der Waals surface area contributed by atoms with E-state index >= 15 is 0 Å². The molecule has 2 atom stereocenters. The van der Waals surface area contributed by atoms with E-state index in [1.54, 1.807) is 0 Å². The summed E-state index contributed by atoms with van der Waals surface area (Å²) in [5.74, 6) is 0.873. The van der Waals surface area contributed by atoms with Crippen molar-refractivity contribution in [2.75, 3.05) is 53.6 Å². The van der Waals surface area contributed by atoms with Gasteiger partial charge >= 0.3 is 11.9 Å². The zero-order valence-electron chi connectivity index (χ0n) is 43.6. The first kappa shape index (κ1) is 65.3. The van der Waals surface area contributed by atoms with Crippen molar-refractivity contribution >= 4 is 17.7 Å². The minimum atomic E-state index is -0.00812. The zero-order valence-corrected chi connectivity index (χ0v) is 43.6. The van der Waals surface area contributed by atoms with E-state index in [9.17, 15) is 14.4 Å². The fourth-order valence-corrected chi connectivity index (χ4v) is 8.76. The summed E-state index contributed by atoms with van der Waals surface area (Å²) in [5, 5.41) is 0. The van der Waals surface area contributed by atoms with E-state index in [2.05, 4.69) is 39.2 Å². The second-order valence-electron chi connectivity index (χ2n) is 19.7. The highest BCUT2D eigenvalue weighted by Crippen LogP contribution is 2.24. The quantitative estimate of drug-likeness (QED) is 0.0339. The van der Waals surface area contributed by atoms with Gasteiger partial charge in [-0.05, 0) is 96.8 Å². The number of likely N-dealkylation sites (tertiary alicyclic amines) is 1. The van der Waals surface area contributed by atoms with Crippen molar-refractivity contribution in [1.82, 2.24) is 9.80 Å². The van der Waals surface area contributed by atoms with Crippen molar-refractivity contribution in [3.63, 3.8) is 0 Å². The van der Waals surface area contributed by atoms with Gasteiger partial charge in [-0.3, -0.25) is 19.3 Å². The van der Waals surface area contributed by atoms with Gasteiger partial charge in [-0.15, -0.1) is 0 Å². The van der Waals surface area contributed by atoms with Crippen LogP contribution in [0.25, 0.3) is 0 Å². The highest BCUT2D eigenvalue weighted by molar-refractivity contribution is 5.89. The van der Waals surface area contributed by atoms with Gasteiger partial charge in [0, 0.05) is 45.0 Å². The van der Waals surface area contributed by atoms with Crippen molar-refractivity contribution in [1.29, 1.82) is 0 Å². The summed E-state index contributed by atoms with van der Waals surface area (Å²) in [6.07, 6.45) is 43.5. The first-order valence-electron chi connectivity index (χ1n) is 27.6. The summed E-state index contributed by atoms with van der Waals surface area (Å²) >= 11 is 0. The molecule has 65 heavy (non-hydrogen) atoms. The van der Waals surface area contributed by atoms with Crippen molar-refractivity contribution in [2.24, 2.45) is 5.92 Å². The number of carbonyl (C=O) groups excluding carboxylic acids is 3. The van der Waals surface area contributed by atoms with Gasteiger partial charge in [-0.2, -0.15) is 0 Å². The molecule has 1 rings (SSSR count). The SMILES string of the molecule is C.C=CC(=O)CCN(C)C.CCCCCCCCCCCOC(=O)CCCCCCN1CC(C)C[C@H]1COCCCCCCCC(=O)OC(CCCCCCCC)CCCCCCCC. The fourth-order valence-electron chi connectivity index (χ4n) is 8.76. The number of hydrogen-bond donors (Lipinski definition) is 0. The van der Waals surface area contributed by atoms with Crippen molar-refractivity contribution in [3.8, 4) is 0 Å². The molecule has 0 amide bonds. The zero-order chi connectivity index (χ0) is 47.1. The molecule has 1 unspecified atom stereocenters. The van der Waals surface area contributed by atoms with Gasteiger partial charge in [0.15, 0.2) is 5.78 Å². The molecule has 1 aliphatic rings. The molecule has 386 valence electrons. The van der Waals surface area contributed by atoms with Gasteiger partial charge in [-0.25, -0.2) is 0 Å². The summed E-state index contributed by atoms with van der Waals surface area (Å²) in [5.41, 5.74) is 0. The number of esters is 2. The minimum Gasteiger partial charge on any atom is -0.466 e. The van der Waals surface area contributed by atoms with Gasteiger partial charge in [-0.1, -0.05) is 189 Å². The van der Waals surface area contributed by atoms with Crippen LogP contribution in [0.2, 0.25) is 0 Å². The van der Waals surface area contributed by atoms with Gasteiger partial charge in [0.05, 0.1) is 13.2 Å². The summed E-state index contributed by atoms with van der Waals surface area (Å²) in [6, 6.07) is 0.544. The Hall–Kier alpha value is -1.77. The van der Waals surface area contributed by atoms with Crippen molar-refractivity contribution < 1.29 is 28.6 Å². The minimum absolute atomic E-state index is 0. The molecule has 8 heteroatoms. The van der Waals surface area contributed by atoms with Gasteiger partial charge in [0.2, 0.25) is 0 Å². The van der Waals surface area contributed by atoms with E-state index in [-0.39, 0.29) is 31.3 Å². The Labute approximate surface area is 405 Å². The Morgan fingerprint density at radius 3 is 1.55 bits per heavy atom. The molecule has 0 aliphatic carbocycles. The van der Waals surface area contributed by atoms with E-state index in [0.29, 0.717) is 31.9 Å². The Kier molecular flexibility index (Phi) is 50.4. The van der Waals surface area contributed by atoms with E-state index in [1.165, 1.54) is 173 Å². The molecule has 0 N–H and O–H groups in total. The number of ketones is 1. The van der Waals surface area contributed by atoms with Crippen LogP contribution in [-0.4, -0.2) is 93.2 Å². The fraction of sp³-hybridized carbons (Fsp3) is 0.912. The third-order valence-corrected chi connectivity index (χ3v) is 12.9. The number of rotatable bonds is 46. The number of carbonyl (C=O) groups is 3. The molecule has 8 nitrogen and oxygen atoms in total. The van der Waals surface area contributed by atoms with E-state index in [0.717, 1.165) is 83.6 Å². The lowest BCUT2D eigenvalue weighted by Crippen LogP contribution is -2.34. The summed E-state index contributed by atoms with van der Waals surface area (Å²) in [4.78, 5) is 40.0. The average molecular weight is 922 g/mol. The molecule has 1 heterocycles. The summed E-state index contributed by atoms with van der Waals surface area (Å²) < 4.78 is 17.7.